The van der Waals surface area contributed by atoms with E-state index in [1.165, 1.54) is 13.3 Å². The average molecular weight is 241 g/mol. The number of ether oxygens (including phenoxy) is 1. The van der Waals surface area contributed by atoms with Crippen LogP contribution in [0.4, 0.5) is 10.2 Å². The Hall–Kier alpha value is -1.76. The zero-order valence-electron chi connectivity index (χ0n) is 9.23. The molecular formula is C10H12FN3O3. The number of halogens is 1. The molecule has 6 nitrogen and oxygen atoms in total. The molecule has 1 aliphatic heterocycles. The lowest BCUT2D eigenvalue weighted by atomic mass is 9.99. The fourth-order valence-corrected chi connectivity index (χ4v) is 1.66. The standard InChI is InChI=1S/C10H12FN3O3/c1-6-7(11)8(13-5-12-6)14-10(9(15)16)2-3-17-4-10/h5H,2-4H2,1H3,(H,15,16)(H,12,13,14). The van der Waals surface area contributed by atoms with Gasteiger partial charge < -0.3 is 15.2 Å². The summed E-state index contributed by atoms with van der Waals surface area (Å²) in [6.07, 6.45) is 1.46. The molecule has 1 unspecified atom stereocenters. The van der Waals surface area contributed by atoms with E-state index in [-0.39, 0.29) is 24.5 Å². The first-order valence-corrected chi connectivity index (χ1v) is 5.11. The zero-order chi connectivity index (χ0) is 12.5. The predicted octanol–water partition coefficient (Wildman–Crippen LogP) is 0.580. The molecule has 1 saturated heterocycles. The van der Waals surface area contributed by atoms with E-state index in [1.54, 1.807) is 0 Å². The van der Waals surface area contributed by atoms with Gasteiger partial charge in [-0.15, -0.1) is 0 Å². The van der Waals surface area contributed by atoms with Crippen LogP contribution < -0.4 is 5.32 Å². The predicted molar refractivity (Wildman–Crippen MR) is 56.2 cm³/mol. The smallest absolute Gasteiger partial charge is 0.331 e. The maximum atomic E-state index is 13.7. The topological polar surface area (TPSA) is 84.3 Å². The van der Waals surface area contributed by atoms with Gasteiger partial charge in [0.15, 0.2) is 17.2 Å². The summed E-state index contributed by atoms with van der Waals surface area (Å²) < 4.78 is 18.7. The summed E-state index contributed by atoms with van der Waals surface area (Å²) in [6, 6.07) is 0. The van der Waals surface area contributed by atoms with E-state index in [9.17, 15) is 14.3 Å². The summed E-state index contributed by atoms with van der Waals surface area (Å²) >= 11 is 0. The minimum atomic E-state index is -1.30. The van der Waals surface area contributed by atoms with Crippen molar-refractivity contribution in [1.82, 2.24) is 9.97 Å². The Morgan fingerprint density at radius 2 is 2.41 bits per heavy atom. The molecule has 0 bridgehead atoms. The van der Waals surface area contributed by atoms with Crippen molar-refractivity contribution in [3.8, 4) is 0 Å². The Balaban J connectivity index is 2.30. The maximum Gasteiger partial charge on any atom is 0.331 e. The van der Waals surface area contributed by atoms with Crippen molar-refractivity contribution in [3.63, 3.8) is 0 Å². The number of nitrogens with zero attached hydrogens (tertiary/aromatic N) is 2. The largest absolute Gasteiger partial charge is 0.479 e. The summed E-state index contributed by atoms with van der Waals surface area (Å²) in [5.41, 5.74) is -1.14. The van der Waals surface area contributed by atoms with Gasteiger partial charge in [0.1, 0.15) is 6.33 Å². The van der Waals surface area contributed by atoms with E-state index in [0.717, 1.165) is 0 Å². The summed E-state index contributed by atoms with van der Waals surface area (Å²) in [5.74, 6) is -1.82. The van der Waals surface area contributed by atoms with Gasteiger partial charge in [-0.3, -0.25) is 0 Å². The number of hydrogen-bond acceptors (Lipinski definition) is 5. The van der Waals surface area contributed by atoms with E-state index in [4.69, 9.17) is 4.74 Å². The van der Waals surface area contributed by atoms with E-state index >= 15 is 0 Å². The Labute approximate surface area is 96.8 Å². The van der Waals surface area contributed by atoms with Crippen LogP contribution in [-0.4, -0.2) is 39.8 Å². The molecule has 1 fully saturated rings. The molecule has 1 aromatic rings. The summed E-state index contributed by atoms with van der Waals surface area (Å²) in [4.78, 5) is 18.6. The van der Waals surface area contributed by atoms with Crippen LogP contribution in [0.3, 0.4) is 0 Å². The number of hydrogen-bond donors (Lipinski definition) is 2. The number of nitrogens with one attached hydrogen (secondary N) is 1. The van der Waals surface area contributed by atoms with Crippen molar-refractivity contribution in [1.29, 1.82) is 0 Å². The molecule has 1 aromatic heterocycles. The van der Waals surface area contributed by atoms with E-state index in [2.05, 4.69) is 15.3 Å². The number of carbonyl (C=O) groups is 1. The van der Waals surface area contributed by atoms with Crippen LogP contribution in [0.15, 0.2) is 6.33 Å². The van der Waals surface area contributed by atoms with E-state index < -0.39 is 17.3 Å². The van der Waals surface area contributed by atoms with Gasteiger partial charge in [-0.25, -0.2) is 19.2 Å². The lowest BCUT2D eigenvalue weighted by Crippen LogP contribution is -2.47. The second-order valence-electron chi connectivity index (χ2n) is 3.94. The first-order valence-electron chi connectivity index (χ1n) is 5.11. The van der Waals surface area contributed by atoms with E-state index in [1.807, 2.05) is 0 Å². The zero-order valence-corrected chi connectivity index (χ0v) is 9.23. The SMILES string of the molecule is Cc1ncnc(NC2(C(=O)O)CCOC2)c1F. The van der Waals surface area contributed by atoms with Gasteiger partial charge in [-0.05, 0) is 6.92 Å². The van der Waals surface area contributed by atoms with Crippen LogP contribution >= 0.6 is 0 Å². The number of aryl methyl sites for hydroxylation is 1. The number of anilines is 1. The molecule has 2 heterocycles. The Kier molecular flexibility index (Phi) is 2.93. The fourth-order valence-electron chi connectivity index (χ4n) is 1.66. The first kappa shape index (κ1) is 11.7. The van der Waals surface area contributed by atoms with Crippen molar-refractivity contribution in [3.05, 3.63) is 17.8 Å². The lowest BCUT2D eigenvalue weighted by molar-refractivity contribution is -0.142. The number of carboxylic acid groups (broad SMARTS) is 1. The average Bonchev–Trinajstić information content (AvgIpc) is 2.75. The van der Waals surface area contributed by atoms with Crippen LogP contribution in [0.1, 0.15) is 12.1 Å². The molecule has 17 heavy (non-hydrogen) atoms. The monoisotopic (exact) mass is 241 g/mol. The van der Waals surface area contributed by atoms with Gasteiger partial charge in [0, 0.05) is 13.0 Å². The molecule has 0 saturated carbocycles. The van der Waals surface area contributed by atoms with Crippen LogP contribution in [-0.2, 0) is 9.53 Å². The van der Waals surface area contributed by atoms with Crippen molar-refractivity contribution in [2.45, 2.75) is 18.9 Å². The highest BCUT2D eigenvalue weighted by Crippen LogP contribution is 2.25. The molecule has 1 aliphatic rings. The van der Waals surface area contributed by atoms with E-state index in [0.29, 0.717) is 6.61 Å². The third-order valence-corrected chi connectivity index (χ3v) is 2.75. The highest BCUT2D eigenvalue weighted by molar-refractivity contribution is 5.83. The van der Waals surface area contributed by atoms with Crippen LogP contribution in [0.25, 0.3) is 0 Å². The minimum Gasteiger partial charge on any atom is -0.479 e. The molecule has 0 amide bonds. The van der Waals surface area contributed by atoms with Gasteiger partial charge in [0.25, 0.3) is 0 Å². The maximum absolute atomic E-state index is 13.7. The molecule has 1 atom stereocenters. The molecule has 0 aliphatic carbocycles. The Morgan fingerprint density at radius 3 is 3.00 bits per heavy atom. The summed E-state index contributed by atoms with van der Waals surface area (Å²) in [6.45, 7) is 1.80. The van der Waals surface area contributed by atoms with Gasteiger partial charge in [0.2, 0.25) is 0 Å². The quantitative estimate of drug-likeness (QED) is 0.805. The first-order chi connectivity index (χ1) is 8.05. The number of aromatic nitrogens is 2. The van der Waals surface area contributed by atoms with Crippen molar-refractivity contribution < 1.29 is 19.0 Å². The molecule has 92 valence electrons. The second kappa shape index (κ2) is 4.25. The van der Waals surface area contributed by atoms with Crippen molar-refractivity contribution in [2.75, 3.05) is 18.5 Å². The highest BCUT2D eigenvalue weighted by Gasteiger charge is 2.43. The van der Waals surface area contributed by atoms with Crippen LogP contribution in [0.5, 0.6) is 0 Å². The molecule has 0 spiro atoms. The minimum absolute atomic E-state index is 0.00910. The normalized spacial score (nSPS) is 23.6. The van der Waals surface area contributed by atoms with Gasteiger partial charge in [-0.2, -0.15) is 0 Å². The Bertz CT molecular complexity index is 446. The molecular weight excluding hydrogens is 229 g/mol. The van der Waals surface area contributed by atoms with Gasteiger partial charge in [-0.1, -0.05) is 0 Å². The van der Waals surface area contributed by atoms with Crippen LogP contribution in [0, 0.1) is 12.7 Å². The Morgan fingerprint density at radius 1 is 1.65 bits per heavy atom. The van der Waals surface area contributed by atoms with Crippen molar-refractivity contribution in [2.24, 2.45) is 0 Å². The highest BCUT2D eigenvalue weighted by atomic mass is 19.1. The number of aliphatic carboxylic acids is 1. The summed E-state index contributed by atoms with van der Waals surface area (Å²) in [7, 11) is 0. The summed E-state index contributed by atoms with van der Waals surface area (Å²) in [5, 5.41) is 11.8. The molecule has 2 rings (SSSR count). The molecule has 0 aromatic carbocycles. The molecule has 7 heteroatoms. The van der Waals surface area contributed by atoms with Crippen LogP contribution in [0.2, 0.25) is 0 Å². The fraction of sp³-hybridized carbons (Fsp3) is 0.500. The molecule has 2 N–H and O–H groups in total. The number of carboxylic acids is 1. The molecule has 0 radical (unpaired) electrons. The number of rotatable bonds is 3. The second-order valence-corrected chi connectivity index (χ2v) is 3.94. The third kappa shape index (κ3) is 2.05. The van der Waals surface area contributed by atoms with Gasteiger partial charge in [0.05, 0.1) is 12.3 Å². The van der Waals surface area contributed by atoms with Crippen molar-refractivity contribution >= 4 is 11.8 Å². The lowest BCUT2D eigenvalue weighted by Gasteiger charge is -2.24. The van der Waals surface area contributed by atoms with Gasteiger partial charge >= 0.3 is 5.97 Å². The third-order valence-electron chi connectivity index (χ3n) is 2.75.